The van der Waals surface area contributed by atoms with Crippen molar-refractivity contribution < 1.29 is 19.4 Å². The van der Waals surface area contributed by atoms with Crippen LogP contribution in [0.25, 0.3) is 0 Å². The second-order valence-electron chi connectivity index (χ2n) is 4.45. The average molecular weight is 251 g/mol. The van der Waals surface area contributed by atoms with E-state index >= 15 is 0 Å². The highest BCUT2D eigenvalue weighted by Gasteiger charge is 2.45. The van der Waals surface area contributed by atoms with E-state index < -0.39 is 30.3 Å². The van der Waals surface area contributed by atoms with Crippen LogP contribution < -0.4 is 5.73 Å². The van der Waals surface area contributed by atoms with Gasteiger partial charge in [0, 0.05) is 0 Å². The summed E-state index contributed by atoms with van der Waals surface area (Å²) in [6.45, 7) is 2.06. The number of carboxylic acids is 1. The fourth-order valence-corrected chi connectivity index (χ4v) is 2.14. The molecule has 1 heterocycles. The molecule has 1 aromatic rings. The zero-order valence-electron chi connectivity index (χ0n) is 10.2. The molecule has 0 bridgehead atoms. The van der Waals surface area contributed by atoms with E-state index in [1.54, 1.807) is 6.92 Å². The summed E-state index contributed by atoms with van der Waals surface area (Å²) in [4.78, 5) is 11.0. The minimum Gasteiger partial charge on any atom is -0.481 e. The Balaban J connectivity index is 1.93. The number of ether oxygens (including phenoxy) is 2. The third-order valence-electron chi connectivity index (χ3n) is 3.13. The molecule has 1 aliphatic rings. The standard InChI is InChI=1S/C13H17NO4/c1-8-10(12(15)16)11(14)13(18-8)17-7-9-5-3-2-4-6-9/h2-6,8,10-11,13H,7,14H2,1H3,(H,15,16)/t8-,10-,11-,13+/m1/s1. The van der Waals surface area contributed by atoms with E-state index in [1.165, 1.54) is 0 Å². The van der Waals surface area contributed by atoms with Crippen molar-refractivity contribution in [1.82, 2.24) is 0 Å². The predicted molar refractivity (Wildman–Crippen MR) is 64.7 cm³/mol. The molecule has 5 nitrogen and oxygen atoms in total. The molecular weight excluding hydrogens is 234 g/mol. The first kappa shape index (κ1) is 13.0. The second-order valence-corrected chi connectivity index (χ2v) is 4.45. The van der Waals surface area contributed by atoms with Gasteiger partial charge in [0.05, 0.1) is 18.8 Å². The second kappa shape index (κ2) is 5.48. The number of aliphatic carboxylic acids is 1. The van der Waals surface area contributed by atoms with Crippen LogP contribution in [0.3, 0.4) is 0 Å². The van der Waals surface area contributed by atoms with Crippen molar-refractivity contribution in [2.45, 2.75) is 32.0 Å². The number of nitrogens with two attached hydrogens (primary N) is 1. The highest BCUT2D eigenvalue weighted by Crippen LogP contribution is 2.27. The molecule has 2 rings (SSSR count). The third-order valence-corrected chi connectivity index (χ3v) is 3.13. The van der Waals surface area contributed by atoms with Gasteiger partial charge in [0.1, 0.15) is 5.92 Å². The van der Waals surface area contributed by atoms with Gasteiger partial charge in [0.2, 0.25) is 0 Å². The molecule has 3 N–H and O–H groups in total. The largest absolute Gasteiger partial charge is 0.481 e. The SMILES string of the molecule is C[C@H]1O[C@H](OCc2ccccc2)[C@H](N)[C@@H]1C(=O)O. The van der Waals surface area contributed by atoms with Crippen molar-refractivity contribution in [3.8, 4) is 0 Å². The molecule has 4 atom stereocenters. The Hall–Kier alpha value is -1.43. The molecule has 0 unspecified atom stereocenters. The third kappa shape index (κ3) is 2.69. The molecule has 0 aromatic heterocycles. The van der Waals surface area contributed by atoms with Crippen LogP contribution in [0, 0.1) is 5.92 Å². The lowest BCUT2D eigenvalue weighted by Crippen LogP contribution is -2.41. The van der Waals surface area contributed by atoms with Crippen LogP contribution in [0.5, 0.6) is 0 Å². The van der Waals surface area contributed by atoms with Gasteiger partial charge in [-0.2, -0.15) is 0 Å². The number of benzene rings is 1. The maximum Gasteiger partial charge on any atom is 0.310 e. The van der Waals surface area contributed by atoms with E-state index in [-0.39, 0.29) is 0 Å². The Morgan fingerprint density at radius 1 is 1.44 bits per heavy atom. The minimum absolute atomic E-state index is 0.359. The molecule has 5 heteroatoms. The Morgan fingerprint density at radius 3 is 2.67 bits per heavy atom. The monoisotopic (exact) mass is 251 g/mol. The highest BCUT2D eigenvalue weighted by molar-refractivity contribution is 5.72. The van der Waals surface area contributed by atoms with Gasteiger partial charge in [-0.15, -0.1) is 0 Å². The number of carbonyl (C=O) groups is 1. The summed E-state index contributed by atoms with van der Waals surface area (Å²) >= 11 is 0. The lowest BCUT2D eigenvalue weighted by Gasteiger charge is -2.16. The maximum atomic E-state index is 11.0. The van der Waals surface area contributed by atoms with Crippen molar-refractivity contribution >= 4 is 5.97 Å². The van der Waals surface area contributed by atoms with Gasteiger partial charge in [0.25, 0.3) is 0 Å². The first-order valence-electron chi connectivity index (χ1n) is 5.89. The lowest BCUT2D eigenvalue weighted by atomic mass is 9.98. The molecule has 0 saturated carbocycles. The summed E-state index contributed by atoms with van der Waals surface area (Å²) < 4.78 is 11.0. The molecule has 98 valence electrons. The average Bonchev–Trinajstić information content (AvgIpc) is 2.63. The number of hydrogen-bond donors (Lipinski definition) is 2. The zero-order chi connectivity index (χ0) is 13.1. The number of hydrogen-bond acceptors (Lipinski definition) is 4. The summed E-state index contributed by atoms with van der Waals surface area (Å²) in [5, 5.41) is 9.04. The maximum absolute atomic E-state index is 11.0. The van der Waals surface area contributed by atoms with Gasteiger partial charge in [-0.3, -0.25) is 4.79 Å². The van der Waals surface area contributed by atoms with E-state index in [1.807, 2.05) is 30.3 Å². The van der Waals surface area contributed by atoms with Crippen molar-refractivity contribution in [1.29, 1.82) is 0 Å². The molecular formula is C13H17NO4. The van der Waals surface area contributed by atoms with Crippen molar-refractivity contribution in [3.05, 3.63) is 35.9 Å². The van der Waals surface area contributed by atoms with Crippen LogP contribution in [0.4, 0.5) is 0 Å². The van der Waals surface area contributed by atoms with Gasteiger partial charge in [-0.25, -0.2) is 0 Å². The van der Waals surface area contributed by atoms with Crippen LogP contribution >= 0.6 is 0 Å². The summed E-state index contributed by atoms with van der Waals surface area (Å²) in [5.74, 6) is -1.66. The molecule has 0 spiro atoms. The molecule has 1 fully saturated rings. The summed E-state index contributed by atoms with van der Waals surface area (Å²) in [6.07, 6.45) is -1.10. The van der Waals surface area contributed by atoms with Gasteiger partial charge in [-0.1, -0.05) is 30.3 Å². The van der Waals surface area contributed by atoms with Gasteiger partial charge >= 0.3 is 5.97 Å². The van der Waals surface area contributed by atoms with E-state index in [0.717, 1.165) is 5.56 Å². The quantitative estimate of drug-likeness (QED) is 0.833. The van der Waals surface area contributed by atoms with Crippen LogP contribution in [0.1, 0.15) is 12.5 Å². The van der Waals surface area contributed by atoms with Crippen molar-refractivity contribution in [2.75, 3.05) is 0 Å². The minimum atomic E-state index is -0.944. The predicted octanol–water partition coefficient (Wildman–Crippen LogP) is 0.976. The highest BCUT2D eigenvalue weighted by atomic mass is 16.7. The van der Waals surface area contributed by atoms with E-state index in [2.05, 4.69) is 0 Å². The van der Waals surface area contributed by atoms with Gasteiger partial charge in [0.15, 0.2) is 6.29 Å². The van der Waals surface area contributed by atoms with Crippen molar-refractivity contribution in [3.63, 3.8) is 0 Å². The number of carboxylic acid groups (broad SMARTS) is 1. The van der Waals surface area contributed by atoms with Gasteiger partial charge in [-0.05, 0) is 12.5 Å². The van der Waals surface area contributed by atoms with Crippen LogP contribution in [0.15, 0.2) is 30.3 Å². The Labute approximate surface area is 106 Å². The van der Waals surface area contributed by atoms with E-state index in [0.29, 0.717) is 6.61 Å². The Bertz CT molecular complexity index is 409. The van der Waals surface area contributed by atoms with Crippen LogP contribution in [-0.2, 0) is 20.9 Å². The molecule has 1 saturated heterocycles. The van der Waals surface area contributed by atoms with Crippen molar-refractivity contribution in [2.24, 2.45) is 11.7 Å². The molecule has 1 aromatic carbocycles. The first-order valence-corrected chi connectivity index (χ1v) is 5.89. The number of rotatable bonds is 4. The summed E-state index contributed by atoms with van der Waals surface area (Å²) in [7, 11) is 0. The summed E-state index contributed by atoms with van der Waals surface area (Å²) in [5.41, 5.74) is 6.85. The molecule has 18 heavy (non-hydrogen) atoms. The summed E-state index contributed by atoms with van der Waals surface area (Å²) in [6, 6.07) is 8.97. The fraction of sp³-hybridized carbons (Fsp3) is 0.462. The van der Waals surface area contributed by atoms with Gasteiger partial charge < -0.3 is 20.3 Å². The molecule has 0 radical (unpaired) electrons. The fourth-order valence-electron chi connectivity index (χ4n) is 2.14. The normalized spacial score (nSPS) is 31.4. The van der Waals surface area contributed by atoms with Crippen LogP contribution in [-0.4, -0.2) is 29.5 Å². The molecule has 0 aliphatic carbocycles. The van der Waals surface area contributed by atoms with E-state index in [4.69, 9.17) is 20.3 Å². The van der Waals surface area contributed by atoms with Crippen LogP contribution in [0.2, 0.25) is 0 Å². The first-order chi connectivity index (χ1) is 8.59. The molecule has 1 aliphatic heterocycles. The zero-order valence-corrected chi connectivity index (χ0v) is 10.2. The van der Waals surface area contributed by atoms with E-state index in [9.17, 15) is 4.79 Å². The molecule has 0 amide bonds. The Morgan fingerprint density at radius 2 is 2.11 bits per heavy atom. The lowest BCUT2D eigenvalue weighted by molar-refractivity contribution is -0.146. The smallest absolute Gasteiger partial charge is 0.310 e. The Kier molecular flexibility index (Phi) is 3.96. The topological polar surface area (TPSA) is 81.8 Å².